The van der Waals surface area contributed by atoms with Crippen molar-refractivity contribution in [3.63, 3.8) is 0 Å². The van der Waals surface area contributed by atoms with E-state index in [0.29, 0.717) is 12.2 Å². The standard InChI is InChI=1S/C14H16N2O2/c1-15-9-3-4-13(15)14(18)16(2)10-11-5-7-12(17)8-6-11/h3-9,17H,10H2,1-2H3. The molecule has 0 aliphatic heterocycles. The Balaban J connectivity index is 2.08. The van der Waals surface area contributed by atoms with Gasteiger partial charge in [-0.3, -0.25) is 4.79 Å². The highest BCUT2D eigenvalue weighted by Gasteiger charge is 2.14. The van der Waals surface area contributed by atoms with Crippen LogP contribution in [0.5, 0.6) is 5.75 Å². The van der Waals surface area contributed by atoms with Gasteiger partial charge in [0.25, 0.3) is 5.91 Å². The van der Waals surface area contributed by atoms with Crippen LogP contribution in [0, 0.1) is 0 Å². The Morgan fingerprint density at radius 2 is 1.94 bits per heavy atom. The average molecular weight is 244 g/mol. The first kappa shape index (κ1) is 12.2. The lowest BCUT2D eigenvalue weighted by atomic mass is 10.2. The van der Waals surface area contributed by atoms with Crippen molar-refractivity contribution in [1.29, 1.82) is 0 Å². The van der Waals surface area contributed by atoms with E-state index in [2.05, 4.69) is 0 Å². The zero-order valence-corrected chi connectivity index (χ0v) is 10.5. The molecule has 0 saturated heterocycles. The third kappa shape index (κ3) is 2.53. The summed E-state index contributed by atoms with van der Waals surface area (Å²) in [5.41, 5.74) is 1.65. The number of aryl methyl sites for hydroxylation is 1. The fourth-order valence-corrected chi connectivity index (χ4v) is 1.83. The number of aromatic nitrogens is 1. The van der Waals surface area contributed by atoms with Gasteiger partial charge in [-0.2, -0.15) is 0 Å². The maximum atomic E-state index is 12.2. The molecule has 0 aliphatic carbocycles. The number of aromatic hydroxyl groups is 1. The molecule has 1 N–H and O–H groups in total. The number of phenolic OH excluding ortho intramolecular Hbond substituents is 1. The molecule has 1 aromatic heterocycles. The van der Waals surface area contributed by atoms with Gasteiger partial charge in [-0.15, -0.1) is 0 Å². The monoisotopic (exact) mass is 244 g/mol. The highest BCUT2D eigenvalue weighted by molar-refractivity contribution is 5.92. The van der Waals surface area contributed by atoms with Gasteiger partial charge in [-0.25, -0.2) is 0 Å². The Morgan fingerprint density at radius 3 is 2.50 bits per heavy atom. The van der Waals surface area contributed by atoms with Gasteiger partial charge in [0.15, 0.2) is 0 Å². The number of carbonyl (C=O) groups is 1. The molecule has 0 unspecified atom stereocenters. The maximum absolute atomic E-state index is 12.2. The van der Waals surface area contributed by atoms with E-state index in [1.807, 2.05) is 31.4 Å². The second kappa shape index (κ2) is 4.96. The summed E-state index contributed by atoms with van der Waals surface area (Å²) in [6.07, 6.45) is 1.85. The zero-order valence-electron chi connectivity index (χ0n) is 10.5. The summed E-state index contributed by atoms with van der Waals surface area (Å²) >= 11 is 0. The first-order valence-electron chi connectivity index (χ1n) is 5.72. The lowest BCUT2D eigenvalue weighted by Crippen LogP contribution is -2.27. The van der Waals surface area contributed by atoms with E-state index >= 15 is 0 Å². The Bertz CT molecular complexity index is 543. The zero-order chi connectivity index (χ0) is 13.1. The Morgan fingerprint density at radius 1 is 1.28 bits per heavy atom. The van der Waals surface area contributed by atoms with E-state index in [-0.39, 0.29) is 11.7 Å². The quantitative estimate of drug-likeness (QED) is 0.897. The van der Waals surface area contributed by atoms with Gasteiger partial charge in [0.2, 0.25) is 0 Å². The molecule has 2 rings (SSSR count). The molecule has 0 aliphatic rings. The molecule has 0 radical (unpaired) electrons. The molecule has 0 bridgehead atoms. The molecule has 4 nitrogen and oxygen atoms in total. The average Bonchev–Trinajstić information content (AvgIpc) is 2.77. The van der Waals surface area contributed by atoms with E-state index in [9.17, 15) is 9.90 Å². The van der Waals surface area contributed by atoms with Gasteiger partial charge in [0, 0.05) is 26.8 Å². The fourth-order valence-electron chi connectivity index (χ4n) is 1.83. The summed E-state index contributed by atoms with van der Waals surface area (Å²) in [4.78, 5) is 13.8. The number of phenols is 1. The summed E-state index contributed by atoms with van der Waals surface area (Å²) in [5, 5.41) is 9.20. The van der Waals surface area contributed by atoms with E-state index in [4.69, 9.17) is 0 Å². The van der Waals surface area contributed by atoms with E-state index in [1.165, 1.54) is 0 Å². The smallest absolute Gasteiger partial charge is 0.270 e. The van der Waals surface area contributed by atoms with E-state index < -0.39 is 0 Å². The second-order valence-corrected chi connectivity index (χ2v) is 4.33. The van der Waals surface area contributed by atoms with Crippen LogP contribution in [0.1, 0.15) is 16.1 Å². The van der Waals surface area contributed by atoms with Crippen LogP contribution in [-0.4, -0.2) is 27.5 Å². The number of benzene rings is 1. The summed E-state index contributed by atoms with van der Waals surface area (Å²) in [7, 11) is 3.61. The van der Waals surface area contributed by atoms with Crippen molar-refractivity contribution in [2.45, 2.75) is 6.54 Å². The maximum Gasteiger partial charge on any atom is 0.270 e. The Labute approximate surface area is 106 Å². The van der Waals surface area contributed by atoms with Crippen LogP contribution in [-0.2, 0) is 13.6 Å². The summed E-state index contributed by atoms with van der Waals surface area (Å²) in [5.74, 6) is 0.214. The van der Waals surface area contributed by atoms with Crippen molar-refractivity contribution in [2.24, 2.45) is 7.05 Å². The molecule has 0 atom stereocenters. The van der Waals surface area contributed by atoms with E-state index in [0.717, 1.165) is 5.56 Å². The summed E-state index contributed by atoms with van der Waals surface area (Å²) in [6, 6.07) is 10.5. The van der Waals surface area contributed by atoms with Crippen molar-refractivity contribution < 1.29 is 9.90 Å². The van der Waals surface area contributed by atoms with Crippen LogP contribution in [0.25, 0.3) is 0 Å². The molecule has 0 saturated carbocycles. The molecule has 1 aromatic carbocycles. The number of nitrogens with zero attached hydrogens (tertiary/aromatic N) is 2. The summed E-state index contributed by atoms with van der Waals surface area (Å²) in [6.45, 7) is 0.518. The van der Waals surface area contributed by atoms with Crippen LogP contribution < -0.4 is 0 Å². The molecule has 18 heavy (non-hydrogen) atoms. The van der Waals surface area contributed by atoms with Crippen molar-refractivity contribution >= 4 is 5.91 Å². The van der Waals surface area contributed by atoms with Gasteiger partial charge in [0.1, 0.15) is 11.4 Å². The molecule has 94 valence electrons. The minimum atomic E-state index is -0.0180. The van der Waals surface area contributed by atoms with Gasteiger partial charge >= 0.3 is 0 Å². The Hall–Kier alpha value is -2.23. The van der Waals surface area contributed by atoms with Gasteiger partial charge in [0.05, 0.1) is 0 Å². The third-order valence-corrected chi connectivity index (χ3v) is 2.87. The first-order chi connectivity index (χ1) is 8.58. The lowest BCUT2D eigenvalue weighted by molar-refractivity contribution is 0.0775. The first-order valence-corrected chi connectivity index (χ1v) is 5.72. The number of rotatable bonds is 3. The van der Waals surface area contributed by atoms with Crippen LogP contribution in [0.4, 0.5) is 0 Å². The number of hydrogen-bond donors (Lipinski definition) is 1. The van der Waals surface area contributed by atoms with Gasteiger partial charge < -0.3 is 14.6 Å². The van der Waals surface area contributed by atoms with Crippen molar-refractivity contribution in [3.05, 3.63) is 53.9 Å². The normalized spacial score (nSPS) is 10.3. The number of amides is 1. The highest BCUT2D eigenvalue weighted by Crippen LogP contribution is 2.12. The molecule has 0 fully saturated rings. The van der Waals surface area contributed by atoms with Gasteiger partial charge in [-0.05, 0) is 29.8 Å². The van der Waals surface area contributed by atoms with Crippen molar-refractivity contribution in [1.82, 2.24) is 9.47 Å². The Kier molecular flexibility index (Phi) is 3.37. The minimum Gasteiger partial charge on any atom is -0.508 e. The van der Waals surface area contributed by atoms with Crippen LogP contribution in [0.3, 0.4) is 0 Å². The predicted octanol–water partition coefficient (Wildman–Crippen LogP) is 2.00. The number of hydrogen-bond acceptors (Lipinski definition) is 2. The molecule has 1 heterocycles. The highest BCUT2D eigenvalue weighted by atomic mass is 16.3. The van der Waals surface area contributed by atoms with Crippen molar-refractivity contribution in [3.8, 4) is 5.75 Å². The fraction of sp³-hybridized carbons (Fsp3) is 0.214. The van der Waals surface area contributed by atoms with Crippen LogP contribution in [0.15, 0.2) is 42.6 Å². The number of carbonyl (C=O) groups excluding carboxylic acids is 1. The summed E-state index contributed by atoms with van der Waals surface area (Å²) < 4.78 is 1.80. The molecule has 0 spiro atoms. The molecule has 1 amide bonds. The van der Waals surface area contributed by atoms with Crippen LogP contribution in [0.2, 0.25) is 0 Å². The third-order valence-electron chi connectivity index (χ3n) is 2.87. The minimum absolute atomic E-state index is 0.0180. The molecule has 4 heteroatoms. The largest absolute Gasteiger partial charge is 0.508 e. The molecule has 2 aromatic rings. The lowest BCUT2D eigenvalue weighted by Gasteiger charge is -2.17. The van der Waals surface area contributed by atoms with Gasteiger partial charge in [-0.1, -0.05) is 12.1 Å². The van der Waals surface area contributed by atoms with Crippen molar-refractivity contribution in [2.75, 3.05) is 7.05 Å². The predicted molar refractivity (Wildman–Crippen MR) is 69.3 cm³/mol. The van der Waals surface area contributed by atoms with E-state index in [1.54, 1.807) is 34.7 Å². The molecular weight excluding hydrogens is 228 g/mol. The topological polar surface area (TPSA) is 45.5 Å². The van der Waals surface area contributed by atoms with Crippen LogP contribution >= 0.6 is 0 Å². The second-order valence-electron chi connectivity index (χ2n) is 4.33. The SMILES string of the molecule is CN(Cc1ccc(O)cc1)C(=O)c1cccn1C. The molecular formula is C14H16N2O2.